The molecule has 3 rings (SSSR count). The SMILES string of the molecule is CN=C1SC(=Cc2cc(C)n(C3CCCCC3)c2C)C(=O)N1C. The molecule has 1 amide bonds. The van der Waals surface area contributed by atoms with Crippen molar-refractivity contribution in [2.75, 3.05) is 14.1 Å². The lowest BCUT2D eigenvalue weighted by Gasteiger charge is -2.26. The molecule has 5 heteroatoms. The number of hydrogen-bond donors (Lipinski definition) is 0. The van der Waals surface area contributed by atoms with E-state index in [4.69, 9.17) is 0 Å². The van der Waals surface area contributed by atoms with Crippen LogP contribution >= 0.6 is 11.8 Å². The highest BCUT2D eigenvalue weighted by molar-refractivity contribution is 8.18. The van der Waals surface area contributed by atoms with Gasteiger partial charge in [-0.2, -0.15) is 0 Å². The highest BCUT2D eigenvalue weighted by atomic mass is 32.2. The fourth-order valence-electron chi connectivity index (χ4n) is 3.74. The van der Waals surface area contributed by atoms with E-state index < -0.39 is 0 Å². The van der Waals surface area contributed by atoms with Gasteiger partial charge < -0.3 is 4.57 Å². The topological polar surface area (TPSA) is 37.6 Å². The van der Waals surface area contributed by atoms with Gasteiger partial charge in [0.05, 0.1) is 4.91 Å². The summed E-state index contributed by atoms with van der Waals surface area (Å²) in [4.78, 5) is 18.9. The minimum Gasteiger partial charge on any atom is -0.346 e. The summed E-state index contributed by atoms with van der Waals surface area (Å²) in [6, 6.07) is 2.84. The van der Waals surface area contributed by atoms with Gasteiger partial charge in [-0.3, -0.25) is 14.7 Å². The molecule has 1 saturated heterocycles. The smallest absolute Gasteiger partial charge is 0.266 e. The lowest BCUT2D eigenvalue weighted by molar-refractivity contribution is -0.121. The Hall–Kier alpha value is -1.49. The van der Waals surface area contributed by atoms with Crippen molar-refractivity contribution >= 4 is 28.9 Å². The Morgan fingerprint density at radius 2 is 1.96 bits per heavy atom. The Labute approximate surface area is 142 Å². The number of aryl methyl sites for hydroxylation is 1. The number of nitrogens with zero attached hydrogens (tertiary/aromatic N) is 3. The number of thioether (sulfide) groups is 1. The Balaban J connectivity index is 1.93. The van der Waals surface area contributed by atoms with E-state index in [0.29, 0.717) is 6.04 Å². The molecule has 1 aliphatic carbocycles. The fraction of sp³-hybridized carbons (Fsp3) is 0.556. The summed E-state index contributed by atoms with van der Waals surface area (Å²) < 4.78 is 2.48. The van der Waals surface area contributed by atoms with Gasteiger partial charge in [-0.1, -0.05) is 19.3 Å². The van der Waals surface area contributed by atoms with Gasteiger partial charge in [0.15, 0.2) is 5.17 Å². The molecule has 124 valence electrons. The molecule has 23 heavy (non-hydrogen) atoms. The average Bonchev–Trinajstić information content (AvgIpc) is 2.99. The number of aromatic nitrogens is 1. The molecule has 1 aromatic heterocycles. The molecular formula is C18H25N3OS. The summed E-state index contributed by atoms with van der Waals surface area (Å²) in [6.07, 6.45) is 8.60. The first kappa shape index (κ1) is 16.4. The van der Waals surface area contributed by atoms with Crippen LogP contribution < -0.4 is 0 Å². The molecule has 2 aliphatic rings. The van der Waals surface area contributed by atoms with Crippen LogP contribution in [0.5, 0.6) is 0 Å². The maximum atomic E-state index is 12.3. The third kappa shape index (κ3) is 2.99. The van der Waals surface area contributed by atoms with E-state index in [0.717, 1.165) is 15.6 Å². The predicted octanol–water partition coefficient (Wildman–Crippen LogP) is 4.14. The van der Waals surface area contributed by atoms with E-state index in [-0.39, 0.29) is 5.91 Å². The zero-order valence-corrected chi connectivity index (χ0v) is 15.2. The minimum absolute atomic E-state index is 0.0399. The molecule has 1 saturated carbocycles. The number of hydrogen-bond acceptors (Lipinski definition) is 3. The van der Waals surface area contributed by atoms with Gasteiger partial charge in [-0.25, -0.2) is 0 Å². The van der Waals surface area contributed by atoms with E-state index in [9.17, 15) is 4.79 Å². The quantitative estimate of drug-likeness (QED) is 0.764. The second-order valence-corrected chi connectivity index (χ2v) is 7.48. The molecule has 2 fully saturated rings. The Morgan fingerprint density at radius 1 is 1.26 bits per heavy atom. The van der Waals surface area contributed by atoms with Crippen LogP contribution in [0.1, 0.15) is 55.1 Å². The largest absolute Gasteiger partial charge is 0.346 e. The van der Waals surface area contributed by atoms with E-state index in [1.165, 1.54) is 55.3 Å². The van der Waals surface area contributed by atoms with Gasteiger partial charge in [0.2, 0.25) is 0 Å². The zero-order chi connectivity index (χ0) is 16.6. The normalized spacial score (nSPS) is 23.5. The monoisotopic (exact) mass is 331 g/mol. The van der Waals surface area contributed by atoms with Gasteiger partial charge in [0.25, 0.3) is 5.91 Å². The van der Waals surface area contributed by atoms with Crippen molar-refractivity contribution < 1.29 is 4.79 Å². The molecule has 0 unspecified atom stereocenters. The van der Waals surface area contributed by atoms with Crippen molar-refractivity contribution in [2.24, 2.45) is 4.99 Å². The maximum Gasteiger partial charge on any atom is 0.266 e. The van der Waals surface area contributed by atoms with Gasteiger partial charge in [-0.15, -0.1) is 0 Å². The third-order valence-corrected chi connectivity index (χ3v) is 6.10. The van der Waals surface area contributed by atoms with Crippen molar-refractivity contribution in [2.45, 2.75) is 52.0 Å². The number of carbonyl (C=O) groups excluding carboxylic acids is 1. The lowest BCUT2D eigenvalue weighted by Crippen LogP contribution is -2.23. The molecule has 0 radical (unpaired) electrons. The summed E-state index contributed by atoms with van der Waals surface area (Å²) in [5.41, 5.74) is 3.74. The summed E-state index contributed by atoms with van der Waals surface area (Å²) >= 11 is 1.46. The minimum atomic E-state index is 0.0399. The number of likely N-dealkylation sites (N-methyl/N-ethyl adjacent to an activating group) is 1. The van der Waals surface area contributed by atoms with Gasteiger partial charge in [-0.05, 0) is 56.2 Å². The third-order valence-electron chi connectivity index (χ3n) is 4.94. The summed E-state index contributed by atoms with van der Waals surface area (Å²) in [6.45, 7) is 4.36. The van der Waals surface area contributed by atoms with Gasteiger partial charge in [0, 0.05) is 31.5 Å². The molecule has 0 aromatic carbocycles. The van der Waals surface area contributed by atoms with E-state index in [2.05, 4.69) is 29.5 Å². The van der Waals surface area contributed by atoms with E-state index in [1.807, 2.05) is 6.08 Å². The molecule has 1 aromatic rings. The van der Waals surface area contributed by atoms with Crippen LogP contribution in [0.15, 0.2) is 16.0 Å². The number of aliphatic imine (C=N–C) groups is 1. The zero-order valence-electron chi connectivity index (χ0n) is 14.4. The Kier molecular flexibility index (Phi) is 4.67. The van der Waals surface area contributed by atoms with Crippen molar-refractivity contribution in [3.05, 3.63) is 27.9 Å². The second kappa shape index (κ2) is 6.56. The number of carbonyl (C=O) groups is 1. The van der Waals surface area contributed by atoms with E-state index in [1.54, 1.807) is 19.0 Å². The molecule has 0 N–H and O–H groups in total. The molecular weight excluding hydrogens is 306 g/mol. The molecule has 1 aliphatic heterocycles. The summed E-state index contributed by atoms with van der Waals surface area (Å²) in [5.74, 6) is 0.0399. The first-order valence-corrected chi connectivity index (χ1v) is 9.17. The van der Waals surface area contributed by atoms with Crippen LogP contribution in [0.4, 0.5) is 0 Å². The van der Waals surface area contributed by atoms with E-state index >= 15 is 0 Å². The van der Waals surface area contributed by atoms with Crippen LogP contribution in [0.25, 0.3) is 6.08 Å². The Morgan fingerprint density at radius 3 is 2.57 bits per heavy atom. The predicted molar refractivity (Wildman–Crippen MR) is 97.7 cm³/mol. The van der Waals surface area contributed by atoms with Crippen LogP contribution in [-0.4, -0.2) is 34.6 Å². The number of rotatable bonds is 2. The van der Waals surface area contributed by atoms with Crippen molar-refractivity contribution in [1.82, 2.24) is 9.47 Å². The van der Waals surface area contributed by atoms with Crippen molar-refractivity contribution in [3.63, 3.8) is 0 Å². The fourth-order valence-corrected chi connectivity index (χ4v) is 4.66. The first-order valence-electron chi connectivity index (χ1n) is 8.35. The van der Waals surface area contributed by atoms with Crippen LogP contribution in [-0.2, 0) is 4.79 Å². The van der Waals surface area contributed by atoms with Crippen molar-refractivity contribution in [1.29, 1.82) is 0 Å². The molecule has 0 atom stereocenters. The standard InChI is InChI=1S/C18H25N3OS/c1-12-10-14(11-16-17(22)20(4)18(19-3)23-16)13(2)21(12)15-8-6-5-7-9-15/h10-11,15H,5-9H2,1-4H3. The van der Waals surface area contributed by atoms with Crippen molar-refractivity contribution in [3.8, 4) is 0 Å². The summed E-state index contributed by atoms with van der Waals surface area (Å²) in [5, 5.41) is 0.766. The number of amidine groups is 1. The van der Waals surface area contributed by atoms with Crippen LogP contribution in [0.2, 0.25) is 0 Å². The molecule has 2 heterocycles. The van der Waals surface area contributed by atoms with Gasteiger partial charge in [0.1, 0.15) is 0 Å². The van der Waals surface area contributed by atoms with Crippen LogP contribution in [0, 0.1) is 13.8 Å². The summed E-state index contributed by atoms with van der Waals surface area (Å²) in [7, 11) is 3.51. The molecule has 0 bridgehead atoms. The molecule has 4 nitrogen and oxygen atoms in total. The second-order valence-electron chi connectivity index (χ2n) is 6.47. The van der Waals surface area contributed by atoms with Gasteiger partial charge >= 0.3 is 0 Å². The average molecular weight is 331 g/mol. The van der Waals surface area contributed by atoms with Crippen LogP contribution in [0.3, 0.4) is 0 Å². The first-order chi connectivity index (χ1) is 11.0. The highest BCUT2D eigenvalue weighted by Gasteiger charge is 2.30. The highest BCUT2D eigenvalue weighted by Crippen LogP contribution is 2.35. The maximum absolute atomic E-state index is 12.3. The lowest BCUT2D eigenvalue weighted by atomic mass is 9.95. The molecule has 0 spiro atoms. The number of amides is 1. The Bertz CT molecular complexity index is 681.